The number of nitrogens with two attached hydrogens (primary N) is 1. The molecule has 0 spiro atoms. The molecule has 18 heavy (non-hydrogen) atoms. The molecule has 1 amide bonds. The van der Waals surface area contributed by atoms with Crippen molar-refractivity contribution in [2.24, 2.45) is 5.73 Å². The highest BCUT2D eigenvalue weighted by atomic mass is 79.9. The Labute approximate surface area is 120 Å². The van der Waals surface area contributed by atoms with E-state index in [-0.39, 0.29) is 30.4 Å². The van der Waals surface area contributed by atoms with Crippen molar-refractivity contribution < 1.29 is 4.79 Å². The monoisotopic (exact) mass is 337 g/mol. The maximum atomic E-state index is 11.7. The molecular formula is C11H17BrClN3O2. The maximum Gasteiger partial charge on any atom is 0.251 e. The normalized spacial score (nSPS) is 10.7. The SMILES string of the molecule is CC(C)(CN)NC(=O)Cn1cc(Br)ccc1=O.Cl. The Bertz CT molecular complexity index is 474. The van der Waals surface area contributed by atoms with Gasteiger partial charge in [0.05, 0.1) is 0 Å². The molecule has 0 bridgehead atoms. The van der Waals surface area contributed by atoms with Crippen LogP contribution in [0.15, 0.2) is 27.6 Å². The molecule has 3 N–H and O–H groups in total. The Balaban J connectivity index is 0.00000289. The highest BCUT2D eigenvalue weighted by molar-refractivity contribution is 9.10. The average molecular weight is 339 g/mol. The molecule has 1 rings (SSSR count). The van der Waals surface area contributed by atoms with Crippen molar-refractivity contribution in [1.29, 1.82) is 0 Å². The van der Waals surface area contributed by atoms with Gasteiger partial charge in [-0.25, -0.2) is 0 Å². The Morgan fingerprint density at radius 2 is 2.11 bits per heavy atom. The third-order valence-electron chi connectivity index (χ3n) is 2.25. The predicted molar refractivity (Wildman–Crippen MR) is 76.9 cm³/mol. The van der Waals surface area contributed by atoms with E-state index in [9.17, 15) is 9.59 Å². The Morgan fingerprint density at radius 1 is 1.50 bits per heavy atom. The quantitative estimate of drug-likeness (QED) is 0.856. The van der Waals surface area contributed by atoms with Gasteiger partial charge in [-0.1, -0.05) is 0 Å². The summed E-state index contributed by atoms with van der Waals surface area (Å²) in [7, 11) is 0. The zero-order chi connectivity index (χ0) is 13.1. The molecule has 5 nitrogen and oxygen atoms in total. The number of halogens is 2. The molecule has 0 aliphatic carbocycles. The molecule has 1 aromatic heterocycles. The van der Waals surface area contributed by atoms with Crippen LogP contribution in [0.5, 0.6) is 0 Å². The predicted octanol–water partition coefficient (Wildman–Crippen LogP) is 0.886. The van der Waals surface area contributed by atoms with Gasteiger partial charge >= 0.3 is 0 Å². The minimum atomic E-state index is -0.466. The van der Waals surface area contributed by atoms with Gasteiger partial charge in [0.25, 0.3) is 5.56 Å². The number of amides is 1. The summed E-state index contributed by atoms with van der Waals surface area (Å²) in [6.45, 7) is 3.98. The van der Waals surface area contributed by atoms with E-state index in [2.05, 4.69) is 21.2 Å². The number of hydrogen-bond acceptors (Lipinski definition) is 3. The summed E-state index contributed by atoms with van der Waals surface area (Å²) >= 11 is 3.25. The molecule has 7 heteroatoms. The summed E-state index contributed by atoms with van der Waals surface area (Å²) in [5.74, 6) is -0.236. The van der Waals surface area contributed by atoms with Crippen molar-refractivity contribution in [2.75, 3.05) is 6.54 Å². The van der Waals surface area contributed by atoms with Crippen molar-refractivity contribution >= 4 is 34.2 Å². The van der Waals surface area contributed by atoms with Gasteiger partial charge in [-0.2, -0.15) is 0 Å². The van der Waals surface area contributed by atoms with Crippen LogP contribution in [-0.2, 0) is 11.3 Å². The van der Waals surface area contributed by atoms with Gasteiger partial charge in [-0.3, -0.25) is 9.59 Å². The van der Waals surface area contributed by atoms with Crippen molar-refractivity contribution in [2.45, 2.75) is 25.9 Å². The molecular weight excluding hydrogens is 321 g/mol. The standard InChI is InChI=1S/C11H16BrN3O2.ClH/c1-11(2,7-13)14-9(16)6-15-5-8(12)3-4-10(15)17;/h3-5H,6-7,13H2,1-2H3,(H,14,16);1H. The highest BCUT2D eigenvalue weighted by Gasteiger charge is 2.18. The van der Waals surface area contributed by atoms with E-state index in [1.54, 1.807) is 12.3 Å². The van der Waals surface area contributed by atoms with E-state index >= 15 is 0 Å². The Morgan fingerprint density at radius 3 is 2.67 bits per heavy atom. The second-order valence-electron chi connectivity index (χ2n) is 4.45. The molecule has 0 aliphatic heterocycles. The summed E-state index contributed by atoms with van der Waals surface area (Å²) < 4.78 is 2.09. The zero-order valence-corrected chi connectivity index (χ0v) is 12.7. The summed E-state index contributed by atoms with van der Waals surface area (Å²) in [5.41, 5.74) is 4.83. The van der Waals surface area contributed by atoms with Gasteiger partial charge in [0.1, 0.15) is 6.54 Å². The lowest BCUT2D eigenvalue weighted by molar-refractivity contribution is -0.123. The molecule has 0 radical (unpaired) electrons. The number of pyridine rings is 1. The Kier molecular flexibility index (Phi) is 6.59. The molecule has 0 fully saturated rings. The van der Waals surface area contributed by atoms with E-state index in [1.165, 1.54) is 10.6 Å². The van der Waals surface area contributed by atoms with Crippen LogP contribution in [0.25, 0.3) is 0 Å². The fourth-order valence-corrected chi connectivity index (χ4v) is 1.63. The first-order chi connectivity index (χ1) is 7.84. The number of aromatic nitrogens is 1. The lowest BCUT2D eigenvalue weighted by Crippen LogP contribution is -2.50. The van der Waals surface area contributed by atoms with Crippen molar-refractivity contribution in [3.8, 4) is 0 Å². The first kappa shape index (κ1) is 17.2. The summed E-state index contributed by atoms with van der Waals surface area (Å²) in [6, 6.07) is 3.05. The average Bonchev–Trinajstić information content (AvgIpc) is 2.23. The topological polar surface area (TPSA) is 77.1 Å². The first-order valence-electron chi connectivity index (χ1n) is 5.21. The molecule has 102 valence electrons. The molecule has 1 heterocycles. The summed E-state index contributed by atoms with van der Waals surface area (Å²) in [6.07, 6.45) is 1.58. The maximum absolute atomic E-state index is 11.7. The zero-order valence-electron chi connectivity index (χ0n) is 10.3. The van der Waals surface area contributed by atoms with Gasteiger partial charge in [0.2, 0.25) is 5.91 Å². The van der Waals surface area contributed by atoms with E-state index in [1.807, 2.05) is 13.8 Å². The van der Waals surface area contributed by atoms with Crippen molar-refractivity contribution in [3.63, 3.8) is 0 Å². The van der Waals surface area contributed by atoms with Gasteiger partial charge in [-0.15, -0.1) is 12.4 Å². The van der Waals surface area contributed by atoms with Gasteiger partial charge in [-0.05, 0) is 35.8 Å². The van der Waals surface area contributed by atoms with E-state index < -0.39 is 5.54 Å². The van der Waals surface area contributed by atoms with Crippen LogP contribution in [0.3, 0.4) is 0 Å². The molecule has 0 aliphatic rings. The number of nitrogens with zero attached hydrogens (tertiary/aromatic N) is 1. The number of nitrogens with one attached hydrogen (secondary N) is 1. The lowest BCUT2D eigenvalue weighted by Gasteiger charge is -2.24. The molecule has 0 unspecified atom stereocenters. The van der Waals surface area contributed by atoms with Gasteiger partial charge in [0.15, 0.2) is 0 Å². The number of hydrogen-bond donors (Lipinski definition) is 2. The molecule has 0 atom stereocenters. The minimum Gasteiger partial charge on any atom is -0.348 e. The minimum absolute atomic E-state index is 0. The smallest absolute Gasteiger partial charge is 0.251 e. The van der Waals surface area contributed by atoms with Crippen LogP contribution < -0.4 is 16.6 Å². The fraction of sp³-hybridized carbons (Fsp3) is 0.455. The van der Waals surface area contributed by atoms with Crippen LogP contribution in [0.4, 0.5) is 0 Å². The lowest BCUT2D eigenvalue weighted by atomic mass is 10.1. The van der Waals surface area contributed by atoms with Crippen LogP contribution in [0.2, 0.25) is 0 Å². The Hall–Kier alpha value is -0.850. The van der Waals surface area contributed by atoms with Gasteiger partial charge < -0.3 is 15.6 Å². The third-order valence-corrected chi connectivity index (χ3v) is 2.72. The molecule has 0 saturated heterocycles. The largest absolute Gasteiger partial charge is 0.348 e. The van der Waals surface area contributed by atoms with Gasteiger partial charge in [0, 0.05) is 28.8 Å². The molecule has 1 aromatic rings. The van der Waals surface area contributed by atoms with Crippen molar-refractivity contribution in [1.82, 2.24) is 9.88 Å². The van der Waals surface area contributed by atoms with E-state index in [0.717, 1.165) is 4.47 Å². The molecule has 0 aromatic carbocycles. The van der Waals surface area contributed by atoms with Crippen LogP contribution in [0.1, 0.15) is 13.8 Å². The molecule has 0 saturated carbocycles. The number of carbonyl (C=O) groups is 1. The first-order valence-corrected chi connectivity index (χ1v) is 6.00. The van der Waals surface area contributed by atoms with Crippen molar-refractivity contribution in [3.05, 3.63) is 33.2 Å². The summed E-state index contributed by atoms with van der Waals surface area (Å²) in [4.78, 5) is 23.2. The second-order valence-corrected chi connectivity index (χ2v) is 5.37. The number of carbonyl (C=O) groups excluding carboxylic acids is 1. The van der Waals surface area contributed by atoms with Crippen LogP contribution >= 0.6 is 28.3 Å². The fourth-order valence-electron chi connectivity index (χ4n) is 1.25. The van der Waals surface area contributed by atoms with Crippen LogP contribution in [-0.4, -0.2) is 22.6 Å². The second kappa shape index (κ2) is 6.92. The highest BCUT2D eigenvalue weighted by Crippen LogP contribution is 2.05. The third kappa shape index (κ3) is 5.20. The summed E-state index contributed by atoms with van der Waals surface area (Å²) in [5, 5.41) is 2.76. The van der Waals surface area contributed by atoms with E-state index in [4.69, 9.17) is 5.73 Å². The van der Waals surface area contributed by atoms with E-state index in [0.29, 0.717) is 6.54 Å². The number of rotatable bonds is 4. The van der Waals surface area contributed by atoms with Crippen LogP contribution in [0, 0.1) is 0 Å².